The number of para-hydroxylation sites is 1. The third-order valence-electron chi connectivity index (χ3n) is 3.18. The highest BCUT2D eigenvalue weighted by Gasteiger charge is 2.11. The Kier molecular flexibility index (Phi) is 9.31. The first-order valence-electron chi connectivity index (χ1n) is 7.47. The summed E-state index contributed by atoms with van der Waals surface area (Å²) in [6.45, 7) is 3.76. The topological polar surface area (TPSA) is 79.6 Å². The van der Waals surface area contributed by atoms with Crippen LogP contribution in [0.5, 0.6) is 0 Å². The van der Waals surface area contributed by atoms with E-state index in [2.05, 4.69) is 27.1 Å². The summed E-state index contributed by atoms with van der Waals surface area (Å²) in [7, 11) is 0. The van der Waals surface area contributed by atoms with Crippen LogP contribution in [-0.4, -0.2) is 24.0 Å². The number of nitrogens with zero attached hydrogens (tertiary/aromatic N) is 2. The Morgan fingerprint density at radius 2 is 2.04 bits per heavy atom. The molecule has 1 heterocycles. The van der Waals surface area contributed by atoms with Crippen LogP contribution in [0.3, 0.4) is 0 Å². The molecule has 0 saturated heterocycles. The molecule has 2 N–H and O–H groups in total. The largest absolute Gasteiger partial charge is 0.357 e. The molecule has 0 saturated carbocycles. The fourth-order valence-electron chi connectivity index (χ4n) is 2.09. The van der Waals surface area contributed by atoms with Crippen molar-refractivity contribution in [3.05, 3.63) is 62.3 Å². The van der Waals surface area contributed by atoms with Crippen molar-refractivity contribution in [2.24, 2.45) is 4.99 Å². The number of hydrogen-bond donors (Lipinski definition) is 2. The number of guanidine groups is 1. The molecular weight excluding hydrogens is 439 g/mol. The molecule has 0 unspecified atom stereocenters. The first kappa shape index (κ1) is 20.4. The maximum absolute atomic E-state index is 11.0. The van der Waals surface area contributed by atoms with Crippen molar-refractivity contribution in [3.63, 3.8) is 0 Å². The predicted octanol–water partition coefficient (Wildman–Crippen LogP) is 3.57. The second-order valence-corrected chi connectivity index (χ2v) is 5.87. The Bertz CT molecular complexity index is 662. The summed E-state index contributed by atoms with van der Waals surface area (Å²) in [6.07, 6.45) is 0.924. The maximum Gasteiger partial charge on any atom is 0.274 e. The van der Waals surface area contributed by atoms with Gasteiger partial charge in [0.25, 0.3) is 5.69 Å². The SMILES string of the molecule is CCNC(=NCc1ccccc1[N+](=O)[O-])NCCc1cccs1.I. The first-order valence-corrected chi connectivity index (χ1v) is 8.35. The van der Waals surface area contributed by atoms with E-state index in [0.29, 0.717) is 11.5 Å². The minimum Gasteiger partial charge on any atom is -0.357 e. The minimum atomic E-state index is -0.373. The smallest absolute Gasteiger partial charge is 0.274 e. The van der Waals surface area contributed by atoms with Gasteiger partial charge >= 0.3 is 0 Å². The molecule has 6 nitrogen and oxygen atoms in total. The van der Waals surface area contributed by atoms with Crippen molar-refractivity contribution >= 4 is 47.0 Å². The Hall–Kier alpha value is -1.68. The van der Waals surface area contributed by atoms with Gasteiger partial charge in [0.15, 0.2) is 5.96 Å². The van der Waals surface area contributed by atoms with Gasteiger partial charge in [-0.15, -0.1) is 35.3 Å². The van der Waals surface area contributed by atoms with Crippen LogP contribution in [0.15, 0.2) is 46.8 Å². The van der Waals surface area contributed by atoms with E-state index in [1.807, 2.05) is 13.0 Å². The average Bonchev–Trinajstić information content (AvgIpc) is 3.06. The number of nitrogens with one attached hydrogen (secondary N) is 2. The van der Waals surface area contributed by atoms with Gasteiger partial charge in [0, 0.05) is 24.0 Å². The highest BCUT2D eigenvalue weighted by atomic mass is 127. The van der Waals surface area contributed by atoms with E-state index < -0.39 is 0 Å². The van der Waals surface area contributed by atoms with Crippen molar-refractivity contribution in [2.75, 3.05) is 13.1 Å². The lowest BCUT2D eigenvalue weighted by atomic mass is 10.2. The maximum atomic E-state index is 11.0. The van der Waals surface area contributed by atoms with E-state index in [1.165, 1.54) is 10.9 Å². The number of hydrogen-bond acceptors (Lipinski definition) is 4. The third kappa shape index (κ3) is 6.44. The molecule has 130 valence electrons. The zero-order chi connectivity index (χ0) is 16.5. The molecule has 2 rings (SSSR count). The van der Waals surface area contributed by atoms with E-state index >= 15 is 0 Å². The summed E-state index contributed by atoms with van der Waals surface area (Å²) in [5.41, 5.74) is 0.707. The summed E-state index contributed by atoms with van der Waals surface area (Å²) in [5, 5.41) is 19.5. The quantitative estimate of drug-likeness (QED) is 0.218. The van der Waals surface area contributed by atoms with Crippen LogP contribution in [0.1, 0.15) is 17.4 Å². The molecule has 0 amide bonds. The highest BCUT2D eigenvalue weighted by Crippen LogP contribution is 2.18. The molecule has 1 aromatic heterocycles. The molecule has 0 atom stereocenters. The zero-order valence-corrected chi connectivity index (χ0v) is 16.5. The van der Waals surface area contributed by atoms with Crippen molar-refractivity contribution < 1.29 is 4.92 Å². The van der Waals surface area contributed by atoms with Crippen LogP contribution in [-0.2, 0) is 13.0 Å². The number of halogens is 1. The Morgan fingerprint density at radius 1 is 1.25 bits per heavy atom. The third-order valence-corrected chi connectivity index (χ3v) is 4.12. The molecular formula is C16H21IN4O2S. The normalized spacial score (nSPS) is 10.8. The van der Waals surface area contributed by atoms with E-state index in [9.17, 15) is 10.1 Å². The van der Waals surface area contributed by atoms with Crippen LogP contribution in [0, 0.1) is 10.1 Å². The van der Waals surface area contributed by atoms with Gasteiger partial charge in [-0.3, -0.25) is 10.1 Å². The minimum absolute atomic E-state index is 0. The van der Waals surface area contributed by atoms with Gasteiger partial charge in [-0.1, -0.05) is 24.3 Å². The molecule has 0 fully saturated rings. The first-order chi connectivity index (χ1) is 11.2. The van der Waals surface area contributed by atoms with Crippen molar-refractivity contribution in [1.29, 1.82) is 0 Å². The molecule has 0 aliphatic heterocycles. The number of nitro benzene ring substituents is 1. The van der Waals surface area contributed by atoms with Crippen LogP contribution in [0.4, 0.5) is 5.69 Å². The summed E-state index contributed by atoms with van der Waals surface area (Å²) in [6, 6.07) is 10.8. The van der Waals surface area contributed by atoms with Gasteiger partial charge < -0.3 is 10.6 Å². The van der Waals surface area contributed by atoms with Crippen molar-refractivity contribution in [2.45, 2.75) is 19.9 Å². The number of nitro groups is 1. The predicted molar refractivity (Wildman–Crippen MR) is 109 cm³/mol. The van der Waals surface area contributed by atoms with Gasteiger partial charge in [-0.2, -0.15) is 0 Å². The Labute approximate surface area is 162 Å². The van der Waals surface area contributed by atoms with Gasteiger partial charge in [0.2, 0.25) is 0 Å². The highest BCUT2D eigenvalue weighted by molar-refractivity contribution is 14.0. The second-order valence-electron chi connectivity index (χ2n) is 4.84. The lowest BCUT2D eigenvalue weighted by molar-refractivity contribution is -0.385. The molecule has 0 radical (unpaired) electrons. The van der Waals surface area contributed by atoms with Crippen molar-refractivity contribution in [1.82, 2.24) is 10.6 Å². The van der Waals surface area contributed by atoms with E-state index in [4.69, 9.17) is 0 Å². The lowest BCUT2D eigenvalue weighted by Crippen LogP contribution is -2.38. The lowest BCUT2D eigenvalue weighted by Gasteiger charge is -2.10. The summed E-state index contributed by atoms with van der Waals surface area (Å²) in [5.74, 6) is 0.669. The summed E-state index contributed by atoms with van der Waals surface area (Å²) in [4.78, 5) is 16.4. The molecule has 0 aliphatic rings. The van der Waals surface area contributed by atoms with E-state index in [-0.39, 0.29) is 41.1 Å². The zero-order valence-electron chi connectivity index (χ0n) is 13.4. The fraction of sp³-hybridized carbons (Fsp3) is 0.312. The molecule has 0 aliphatic carbocycles. The van der Waals surface area contributed by atoms with Gasteiger partial charge in [0.1, 0.15) is 0 Å². The summed E-state index contributed by atoms with van der Waals surface area (Å²) < 4.78 is 0. The van der Waals surface area contributed by atoms with Gasteiger partial charge in [-0.05, 0) is 24.8 Å². The Morgan fingerprint density at radius 3 is 2.71 bits per heavy atom. The standard InChI is InChI=1S/C16H20N4O2S.HI/c1-2-17-16(18-10-9-14-7-5-11-23-14)19-12-13-6-3-4-8-15(13)20(21)22;/h3-8,11H,2,9-10,12H2,1H3,(H2,17,18,19);1H. The number of aliphatic imine (C=N–C) groups is 1. The average molecular weight is 460 g/mol. The second kappa shape index (κ2) is 11.0. The van der Waals surface area contributed by atoms with E-state index in [1.54, 1.807) is 29.5 Å². The molecule has 0 spiro atoms. The van der Waals surface area contributed by atoms with Crippen LogP contribution >= 0.6 is 35.3 Å². The van der Waals surface area contributed by atoms with E-state index in [0.717, 1.165) is 19.5 Å². The van der Waals surface area contributed by atoms with Crippen LogP contribution in [0.2, 0.25) is 0 Å². The van der Waals surface area contributed by atoms with Crippen molar-refractivity contribution in [3.8, 4) is 0 Å². The molecule has 24 heavy (non-hydrogen) atoms. The van der Waals surface area contributed by atoms with Gasteiger partial charge in [-0.25, -0.2) is 4.99 Å². The fourth-order valence-corrected chi connectivity index (χ4v) is 2.80. The Balaban J connectivity index is 0.00000288. The molecule has 2 aromatic rings. The number of benzene rings is 1. The number of rotatable bonds is 7. The summed E-state index contributed by atoms with van der Waals surface area (Å²) >= 11 is 1.73. The number of thiophene rings is 1. The van der Waals surface area contributed by atoms with Crippen LogP contribution < -0.4 is 10.6 Å². The molecule has 0 bridgehead atoms. The van der Waals surface area contributed by atoms with Crippen LogP contribution in [0.25, 0.3) is 0 Å². The molecule has 8 heteroatoms. The molecule has 1 aromatic carbocycles. The monoisotopic (exact) mass is 460 g/mol. The van der Waals surface area contributed by atoms with Gasteiger partial charge in [0.05, 0.1) is 17.0 Å².